The van der Waals surface area contributed by atoms with Crippen molar-refractivity contribution in [1.29, 1.82) is 0 Å². The third-order valence-corrected chi connectivity index (χ3v) is 7.54. The van der Waals surface area contributed by atoms with E-state index in [0.717, 1.165) is 44.3 Å². The van der Waals surface area contributed by atoms with Crippen molar-refractivity contribution in [2.75, 3.05) is 18.8 Å². The van der Waals surface area contributed by atoms with Crippen LogP contribution in [-0.2, 0) is 6.42 Å². The molecule has 0 aliphatic carbocycles. The number of piperidine rings is 1. The Kier molecular flexibility index (Phi) is 6.51. The van der Waals surface area contributed by atoms with Crippen molar-refractivity contribution in [2.24, 2.45) is 0 Å². The van der Waals surface area contributed by atoms with Gasteiger partial charge < -0.3 is 20.5 Å². The number of hydrogen-bond donors (Lipinski definition) is 2. The van der Waals surface area contributed by atoms with Crippen LogP contribution in [-0.4, -0.2) is 23.7 Å². The molecule has 3 aromatic rings. The SMILES string of the molecule is C[C@@H](Oc1cc(-c2cc3c(cc2F)OC2(CCNCC2)CC3)cnc1N)c1c(Cl)ccc(F)c1Cl. The molecule has 1 spiro atoms. The number of anilines is 1. The third kappa shape index (κ3) is 4.65. The molecule has 35 heavy (non-hydrogen) atoms. The van der Waals surface area contributed by atoms with E-state index in [1.165, 1.54) is 24.4 Å². The van der Waals surface area contributed by atoms with Crippen molar-refractivity contribution in [3.63, 3.8) is 0 Å². The molecule has 0 radical (unpaired) electrons. The van der Waals surface area contributed by atoms with Crippen LogP contribution in [0.2, 0.25) is 10.0 Å². The van der Waals surface area contributed by atoms with Crippen LogP contribution in [0.5, 0.6) is 11.5 Å². The summed E-state index contributed by atoms with van der Waals surface area (Å²) >= 11 is 12.3. The first kappa shape index (κ1) is 24.1. The number of ether oxygens (including phenoxy) is 2. The first-order valence-electron chi connectivity index (χ1n) is 11.5. The van der Waals surface area contributed by atoms with E-state index >= 15 is 4.39 Å². The van der Waals surface area contributed by atoms with Crippen LogP contribution in [0.25, 0.3) is 11.1 Å². The van der Waals surface area contributed by atoms with Crippen LogP contribution in [0.4, 0.5) is 14.6 Å². The predicted molar refractivity (Wildman–Crippen MR) is 133 cm³/mol. The molecule has 0 amide bonds. The average Bonchev–Trinajstić information content (AvgIpc) is 2.83. The highest BCUT2D eigenvalue weighted by Crippen LogP contribution is 2.42. The number of hydrogen-bond acceptors (Lipinski definition) is 5. The Labute approximate surface area is 212 Å². The lowest BCUT2D eigenvalue weighted by atomic mass is 9.83. The van der Waals surface area contributed by atoms with Gasteiger partial charge in [-0.25, -0.2) is 13.8 Å². The minimum atomic E-state index is -0.729. The fourth-order valence-electron chi connectivity index (χ4n) is 4.85. The van der Waals surface area contributed by atoms with Gasteiger partial charge in [-0.2, -0.15) is 0 Å². The van der Waals surface area contributed by atoms with Gasteiger partial charge in [0.05, 0.1) is 5.02 Å². The van der Waals surface area contributed by atoms with E-state index in [9.17, 15) is 4.39 Å². The average molecular weight is 520 g/mol. The topological polar surface area (TPSA) is 69.4 Å². The van der Waals surface area contributed by atoms with E-state index in [-0.39, 0.29) is 27.2 Å². The first-order chi connectivity index (χ1) is 16.8. The van der Waals surface area contributed by atoms with E-state index in [2.05, 4.69) is 10.3 Å². The Morgan fingerprint density at radius 1 is 1.11 bits per heavy atom. The second kappa shape index (κ2) is 9.45. The molecule has 2 aliphatic rings. The molecule has 3 N–H and O–H groups in total. The largest absolute Gasteiger partial charge is 0.487 e. The lowest BCUT2D eigenvalue weighted by molar-refractivity contribution is 0.0167. The summed E-state index contributed by atoms with van der Waals surface area (Å²) in [4.78, 5) is 4.19. The number of rotatable bonds is 4. The Bertz CT molecular complexity index is 1280. The minimum absolute atomic E-state index is 0.110. The number of nitrogens with one attached hydrogen (secondary N) is 1. The number of fused-ring (bicyclic) bond motifs is 1. The summed E-state index contributed by atoms with van der Waals surface area (Å²) < 4.78 is 41.5. The van der Waals surface area contributed by atoms with E-state index in [1.807, 2.05) is 0 Å². The van der Waals surface area contributed by atoms with Gasteiger partial charge in [0.2, 0.25) is 0 Å². The number of aromatic nitrogens is 1. The molecule has 2 aromatic carbocycles. The van der Waals surface area contributed by atoms with Crippen molar-refractivity contribution in [3.05, 3.63) is 69.3 Å². The maximum absolute atomic E-state index is 15.3. The first-order valence-corrected chi connectivity index (χ1v) is 12.3. The lowest BCUT2D eigenvalue weighted by Gasteiger charge is -2.41. The highest BCUT2D eigenvalue weighted by molar-refractivity contribution is 6.36. The minimum Gasteiger partial charge on any atom is -0.487 e. The van der Waals surface area contributed by atoms with Crippen LogP contribution in [0.1, 0.15) is 43.4 Å². The maximum Gasteiger partial charge on any atom is 0.166 e. The van der Waals surface area contributed by atoms with Gasteiger partial charge in [0.15, 0.2) is 11.6 Å². The molecule has 9 heteroatoms. The Balaban J connectivity index is 1.44. The molecule has 0 bridgehead atoms. The second-order valence-corrected chi connectivity index (χ2v) is 9.88. The fourth-order valence-corrected chi connectivity index (χ4v) is 5.53. The number of nitrogens with two attached hydrogens (primary N) is 1. The van der Waals surface area contributed by atoms with Crippen LogP contribution in [0, 0.1) is 11.6 Å². The summed E-state index contributed by atoms with van der Waals surface area (Å²) in [6.07, 6.45) is 4.30. The molecule has 1 saturated heterocycles. The summed E-state index contributed by atoms with van der Waals surface area (Å²) in [6, 6.07) is 7.48. The Morgan fingerprint density at radius 3 is 2.66 bits per heavy atom. The van der Waals surface area contributed by atoms with E-state index in [1.54, 1.807) is 19.1 Å². The molecular formula is C26H25Cl2F2N3O2. The molecule has 184 valence electrons. The lowest BCUT2D eigenvalue weighted by Crippen LogP contribution is -2.48. The van der Waals surface area contributed by atoms with Gasteiger partial charge in [-0.3, -0.25) is 0 Å². The van der Waals surface area contributed by atoms with Crippen LogP contribution >= 0.6 is 23.2 Å². The van der Waals surface area contributed by atoms with E-state index in [4.69, 9.17) is 38.4 Å². The summed E-state index contributed by atoms with van der Waals surface area (Å²) in [6.45, 7) is 3.48. The fraction of sp³-hybridized carbons (Fsp3) is 0.346. The quantitative estimate of drug-likeness (QED) is 0.385. The van der Waals surface area contributed by atoms with Gasteiger partial charge in [0.1, 0.15) is 29.1 Å². The summed E-state index contributed by atoms with van der Waals surface area (Å²) in [5.41, 5.74) is 7.94. The third-order valence-electron chi connectivity index (χ3n) is 6.82. The van der Waals surface area contributed by atoms with Gasteiger partial charge in [-0.05, 0) is 75.5 Å². The van der Waals surface area contributed by atoms with Gasteiger partial charge >= 0.3 is 0 Å². The number of aryl methyl sites for hydroxylation is 1. The Hall–Kier alpha value is -2.61. The molecule has 1 fully saturated rings. The van der Waals surface area contributed by atoms with Crippen molar-refractivity contribution in [1.82, 2.24) is 10.3 Å². The number of benzene rings is 2. The summed E-state index contributed by atoms with van der Waals surface area (Å²) in [7, 11) is 0. The number of halogens is 4. The molecule has 0 unspecified atom stereocenters. The zero-order valence-corrected chi connectivity index (χ0v) is 20.6. The molecule has 1 aromatic heterocycles. The molecule has 5 nitrogen and oxygen atoms in total. The molecule has 2 aliphatic heterocycles. The van der Waals surface area contributed by atoms with Crippen LogP contribution in [0.15, 0.2) is 36.5 Å². The maximum atomic E-state index is 15.3. The van der Waals surface area contributed by atoms with Gasteiger partial charge in [0, 0.05) is 34.0 Å². The number of nitrogen functional groups attached to an aromatic ring is 1. The molecule has 3 heterocycles. The highest BCUT2D eigenvalue weighted by atomic mass is 35.5. The smallest absolute Gasteiger partial charge is 0.166 e. The normalized spacial score (nSPS) is 17.5. The molecular weight excluding hydrogens is 495 g/mol. The van der Waals surface area contributed by atoms with Crippen molar-refractivity contribution >= 4 is 29.0 Å². The zero-order valence-electron chi connectivity index (χ0n) is 19.1. The van der Waals surface area contributed by atoms with Gasteiger partial charge in [-0.1, -0.05) is 23.2 Å². The molecule has 5 rings (SSSR count). The van der Waals surface area contributed by atoms with Crippen molar-refractivity contribution < 1.29 is 18.3 Å². The van der Waals surface area contributed by atoms with E-state index in [0.29, 0.717) is 22.4 Å². The van der Waals surface area contributed by atoms with Crippen molar-refractivity contribution in [3.8, 4) is 22.6 Å². The van der Waals surface area contributed by atoms with Crippen LogP contribution < -0.4 is 20.5 Å². The second-order valence-electron chi connectivity index (χ2n) is 9.10. The molecule has 1 atom stereocenters. The standard InChI is InChI=1S/C26H25Cl2F2N3O2/c1-14(23-18(27)2-3-19(29)24(23)28)34-22-11-16(13-33-25(22)31)17-10-15-4-5-26(6-8-32-9-7-26)35-21(15)12-20(17)30/h2-3,10-14,32H,4-9H2,1H3,(H2,31,33)/t14-/m1/s1. The molecule has 0 saturated carbocycles. The van der Waals surface area contributed by atoms with E-state index < -0.39 is 17.7 Å². The monoisotopic (exact) mass is 519 g/mol. The zero-order chi connectivity index (χ0) is 24.7. The Morgan fingerprint density at radius 2 is 1.89 bits per heavy atom. The summed E-state index contributed by atoms with van der Waals surface area (Å²) in [5, 5.41) is 3.49. The van der Waals surface area contributed by atoms with Gasteiger partial charge in [0.25, 0.3) is 0 Å². The number of nitrogens with zero attached hydrogens (tertiary/aromatic N) is 1. The highest BCUT2D eigenvalue weighted by Gasteiger charge is 2.38. The van der Waals surface area contributed by atoms with Crippen LogP contribution in [0.3, 0.4) is 0 Å². The predicted octanol–water partition coefficient (Wildman–Crippen LogP) is 6.50. The summed E-state index contributed by atoms with van der Waals surface area (Å²) in [5.74, 6) is -0.0991. The van der Waals surface area contributed by atoms with Crippen molar-refractivity contribution in [2.45, 2.75) is 44.3 Å². The van der Waals surface area contributed by atoms with Gasteiger partial charge in [-0.15, -0.1) is 0 Å². The number of pyridine rings is 1.